The molecule has 9 heterocycles. The summed E-state index contributed by atoms with van der Waals surface area (Å²) in [5.41, 5.74) is 6.16. The second-order valence-corrected chi connectivity index (χ2v) is 26.1. The molecule has 6 aromatic heterocycles. The van der Waals surface area contributed by atoms with Gasteiger partial charge in [-0.1, -0.05) is 36.4 Å². The fourth-order valence-electron chi connectivity index (χ4n) is 11.8. The van der Waals surface area contributed by atoms with E-state index in [9.17, 15) is 21.6 Å². The highest BCUT2D eigenvalue weighted by atomic mass is 32.2. The van der Waals surface area contributed by atoms with Crippen molar-refractivity contribution in [1.29, 1.82) is 0 Å². The Kier molecular flexibility index (Phi) is 13.7. The van der Waals surface area contributed by atoms with E-state index in [1.807, 2.05) is 17.6 Å². The minimum Gasteiger partial charge on any atom is -0.348 e. The van der Waals surface area contributed by atoms with E-state index in [0.29, 0.717) is 61.1 Å². The van der Waals surface area contributed by atoms with E-state index in [0.717, 1.165) is 132 Å². The van der Waals surface area contributed by atoms with Crippen molar-refractivity contribution in [2.45, 2.75) is 117 Å². The first kappa shape index (κ1) is 50.3. The lowest BCUT2D eigenvalue weighted by Crippen LogP contribution is -2.34. The summed E-state index contributed by atoms with van der Waals surface area (Å²) < 4.78 is 69.2. The zero-order valence-corrected chi connectivity index (χ0v) is 45.3. The highest BCUT2D eigenvalue weighted by Gasteiger charge is 2.41. The maximum Gasteiger partial charge on any atom is 0.269 e. The van der Waals surface area contributed by atoms with Crippen LogP contribution in [0.4, 0.5) is 0 Å². The first-order chi connectivity index (χ1) is 36.3. The molecule has 19 heteroatoms. The van der Waals surface area contributed by atoms with Crippen LogP contribution in [0, 0.1) is 0 Å². The number of pyridine rings is 2. The Morgan fingerprint density at radius 1 is 0.600 bits per heavy atom. The second-order valence-electron chi connectivity index (χ2n) is 20.7. The van der Waals surface area contributed by atoms with Crippen molar-refractivity contribution >= 4 is 70.6 Å². The Morgan fingerprint density at radius 2 is 1.04 bits per heavy atom. The van der Waals surface area contributed by atoms with Gasteiger partial charge in [-0.3, -0.25) is 14.6 Å². The lowest BCUT2D eigenvalue weighted by Gasteiger charge is -2.35. The molecule has 2 aromatic carbocycles. The van der Waals surface area contributed by atoms with Crippen molar-refractivity contribution in [3.05, 3.63) is 129 Å². The van der Waals surface area contributed by atoms with Crippen LogP contribution in [0.5, 0.6) is 0 Å². The van der Waals surface area contributed by atoms with Gasteiger partial charge in [-0.05, 0) is 138 Å². The molecule has 0 amide bonds. The average Bonchev–Trinajstić information content (AvgIpc) is 4.31. The molecule has 3 aliphatic heterocycles. The van der Waals surface area contributed by atoms with E-state index in [4.69, 9.17) is 24.4 Å². The molecule has 13 rings (SSSR count). The molecule has 2 saturated carbocycles. The van der Waals surface area contributed by atoms with E-state index in [-0.39, 0.29) is 15.7 Å². The number of rotatable bonds is 10. The molecule has 2 unspecified atom stereocenters. The lowest BCUT2D eigenvalue weighted by atomic mass is 9.81. The number of nitrogens with zero attached hydrogens (tertiary/aromatic N) is 8. The monoisotopic (exact) mass is 1080 g/mol. The zero-order chi connectivity index (χ0) is 51.5. The van der Waals surface area contributed by atoms with Crippen LogP contribution < -0.4 is 0 Å². The topological polar surface area (TPSA) is 172 Å². The number of hydrogen-bond acceptors (Lipinski definition) is 15. The van der Waals surface area contributed by atoms with Crippen LogP contribution >= 0.6 is 22.7 Å². The minimum atomic E-state index is -3.84. The first-order valence-corrected chi connectivity index (χ1v) is 30.7. The Labute approximate surface area is 445 Å². The number of aromatic nitrogens is 6. The molecule has 75 heavy (non-hydrogen) atoms. The summed E-state index contributed by atoms with van der Waals surface area (Å²) in [4.78, 5) is 36.4. The number of carbonyl (C=O) groups excluding carboxylic acids is 1. The Balaban J connectivity index is 0.000000152. The second kappa shape index (κ2) is 20.5. The van der Waals surface area contributed by atoms with Gasteiger partial charge in [0.25, 0.3) is 20.0 Å². The summed E-state index contributed by atoms with van der Waals surface area (Å²) in [6.07, 6.45) is 17.9. The van der Waals surface area contributed by atoms with Gasteiger partial charge in [-0.25, -0.2) is 44.7 Å². The number of carbonyl (C=O) groups is 1. The summed E-state index contributed by atoms with van der Waals surface area (Å²) >= 11 is 3.28. The number of ketones is 1. The summed E-state index contributed by atoms with van der Waals surface area (Å²) in [5.74, 6) is 0.462. The maximum absolute atomic E-state index is 13.8. The Hall–Kier alpha value is -5.51. The van der Waals surface area contributed by atoms with Gasteiger partial charge in [0, 0.05) is 83.1 Å². The van der Waals surface area contributed by atoms with E-state index >= 15 is 0 Å². The average molecular weight is 1090 g/mol. The Bertz CT molecular complexity index is 3610. The molecule has 5 aliphatic rings. The Morgan fingerprint density at radius 3 is 1.47 bits per heavy atom. The number of thiazole rings is 2. The van der Waals surface area contributed by atoms with Crippen LogP contribution in [0.15, 0.2) is 118 Å². The zero-order valence-electron chi connectivity index (χ0n) is 42.1. The molecule has 0 radical (unpaired) electrons. The van der Waals surface area contributed by atoms with Gasteiger partial charge in [0.15, 0.2) is 17.1 Å². The quantitative estimate of drug-likeness (QED) is 0.127. The number of benzene rings is 2. The molecule has 0 bridgehead atoms. The summed E-state index contributed by atoms with van der Waals surface area (Å²) in [7, 11) is -3.40. The predicted molar refractivity (Wildman–Crippen MR) is 291 cm³/mol. The van der Waals surface area contributed by atoms with Crippen molar-refractivity contribution < 1.29 is 31.1 Å². The van der Waals surface area contributed by atoms with E-state index < -0.39 is 25.8 Å². The normalized spacial score (nSPS) is 21.2. The molecule has 15 nitrogen and oxygen atoms in total. The number of likely N-dealkylation sites (tertiary alicyclic amines) is 2. The first-order valence-electron chi connectivity index (χ1n) is 26.1. The highest BCUT2D eigenvalue weighted by Crippen LogP contribution is 2.45. The van der Waals surface area contributed by atoms with Gasteiger partial charge >= 0.3 is 0 Å². The third-order valence-electron chi connectivity index (χ3n) is 16.1. The van der Waals surface area contributed by atoms with Crippen molar-refractivity contribution in [3.63, 3.8) is 0 Å². The largest absolute Gasteiger partial charge is 0.348 e. The summed E-state index contributed by atoms with van der Waals surface area (Å²) in [5, 5.41) is 7.82. The van der Waals surface area contributed by atoms with Crippen LogP contribution in [-0.4, -0.2) is 106 Å². The van der Waals surface area contributed by atoms with Gasteiger partial charge in [-0.2, -0.15) is 0 Å². The predicted octanol–water partition coefficient (Wildman–Crippen LogP) is 11.0. The number of hydrogen-bond donors (Lipinski definition) is 0. The molecular weight excluding hydrogens is 1020 g/mol. The SMILES string of the molecule is CN1CCCC1c1nc(-c2cn(S(=O)(=O)c3ccccc3)c3ncc(C4CCC(=O)CC4)cc23)cs1.CN1CCCC1c1nc(-c2cn(S(=O)(=O)c3ccccc3)c3ncc(C4CCC5(CC4)OCCO5)cc23)cs1. The minimum absolute atomic E-state index is 0.219. The lowest BCUT2D eigenvalue weighted by molar-refractivity contribution is -0.178. The van der Waals surface area contributed by atoms with E-state index in [1.165, 1.54) is 7.94 Å². The highest BCUT2D eigenvalue weighted by molar-refractivity contribution is 7.90. The smallest absolute Gasteiger partial charge is 0.269 e. The fourth-order valence-corrected chi connectivity index (χ4v) is 16.6. The number of ether oxygens (including phenoxy) is 2. The molecule has 5 fully saturated rings. The van der Waals surface area contributed by atoms with Gasteiger partial charge in [0.2, 0.25) is 0 Å². The van der Waals surface area contributed by atoms with Crippen LogP contribution in [0.3, 0.4) is 0 Å². The third-order valence-corrected chi connectivity index (χ3v) is 21.3. The van der Waals surface area contributed by atoms with Crippen molar-refractivity contribution in [3.8, 4) is 22.5 Å². The summed E-state index contributed by atoms with van der Waals surface area (Å²) in [6.45, 7) is 3.46. The molecule has 390 valence electrons. The molecule has 0 N–H and O–H groups in total. The van der Waals surface area contributed by atoms with Gasteiger partial charge in [-0.15, -0.1) is 22.7 Å². The van der Waals surface area contributed by atoms with Crippen LogP contribution in [0.1, 0.15) is 122 Å². The van der Waals surface area contributed by atoms with E-state index in [2.05, 4.69) is 46.4 Å². The molecule has 8 aromatic rings. The van der Waals surface area contributed by atoms with Gasteiger partial charge in [0.1, 0.15) is 15.8 Å². The molecule has 2 atom stereocenters. The van der Waals surface area contributed by atoms with Gasteiger partial charge in [0.05, 0.1) is 46.5 Å². The number of fused-ring (bicyclic) bond motifs is 2. The van der Waals surface area contributed by atoms with E-state index in [1.54, 1.807) is 95.9 Å². The summed E-state index contributed by atoms with van der Waals surface area (Å²) in [6, 6.07) is 21.8. The van der Waals surface area contributed by atoms with Crippen molar-refractivity contribution in [2.24, 2.45) is 0 Å². The molecule has 1 spiro atoms. The number of Topliss-reactive ketones (excluding diaryl/α,β-unsaturated/α-hetero) is 1. The molecular formula is C56H60N8O7S4. The van der Waals surface area contributed by atoms with Crippen LogP contribution in [0.2, 0.25) is 0 Å². The molecule has 3 saturated heterocycles. The maximum atomic E-state index is 13.8. The van der Waals surface area contributed by atoms with Crippen molar-refractivity contribution in [1.82, 2.24) is 37.7 Å². The fraction of sp³-hybridized carbons (Fsp3) is 0.411. The standard InChI is InChI=1S/C29H32N4O4S2.C27H28N4O3S2/c1-32-13-5-8-26(32)28-31-25(19-38-28)24-18-33(39(34,35)22-6-3-2-4-7-22)27-23(24)16-21(17-30-27)20-9-11-29(12-10-20)36-14-15-37-29;1-30-13-5-8-25(30)27-29-24(17-35-27)23-16-31(36(33,34)21-6-3-2-4-7-21)26-22(23)14-19(15-28-26)18-9-11-20(32)12-10-18/h2-4,6-7,16-20,26H,5,8-15H2,1H3;2-4,6-7,14-18,25H,5,8-13H2,1H3. The third kappa shape index (κ3) is 9.61. The molecule has 2 aliphatic carbocycles. The van der Waals surface area contributed by atoms with Gasteiger partial charge < -0.3 is 9.47 Å². The van der Waals surface area contributed by atoms with Crippen LogP contribution in [-0.2, 0) is 34.3 Å². The van der Waals surface area contributed by atoms with Crippen LogP contribution in [0.25, 0.3) is 44.6 Å². The van der Waals surface area contributed by atoms with Crippen molar-refractivity contribution in [2.75, 3.05) is 40.4 Å².